The van der Waals surface area contributed by atoms with Gasteiger partial charge in [0.05, 0.1) is 25.9 Å². The predicted octanol–water partition coefficient (Wildman–Crippen LogP) is -1.31. The molecule has 58 valence electrons. The van der Waals surface area contributed by atoms with Gasteiger partial charge in [-0.1, -0.05) is 0 Å². The summed E-state index contributed by atoms with van der Waals surface area (Å²) in [5.74, 6) is 0. The highest BCUT2D eigenvalue weighted by Gasteiger charge is 2.44. The third-order valence-corrected chi connectivity index (χ3v) is 1.80. The van der Waals surface area contributed by atoms with Crippen molar-refractivity contribution in [1.82, 2.24) is 5.32 Å². The Hall–Kier alpha value is -0.160. The van der Waals surface area contributed by atoms with Gasteiger partial charge >= 0.3 is 0 Å². The molecule has 2 atom stereocenters. The molecule has 2 heterocycles. The van der Waals surface area contributed by atoms with Gasteiger partial charge in [0, 0.05) is 6.54 Å². The van der Waals surface area contributed by atoms with Crippen molar-refractivity contribution in [3.05, 3.63) is 0 Å². The molecule has 4 nitrogen and oxygen atoms in total. The van der Waals surface area contributed by atoms with Gasteiger partial charge in [-0.25, -0.2) is 0 Å². The normalized spacial score (nSPS) is 43.5. The number of nitrogens with one attached hydrogen (secondary N) is 1. The minimum absolute atomic E-state index is 0.0553. The summed E-state index contributed by atoms with van der Waals surface area (Å²) in [5.41, 5.74) is -0.411. The molecular formula is C6H11NO3. The Labute approximate surface area is 59.1 Å². The second-order valence-electron chi connectivity index (χ2n) is 2.78. The number of aliphatic hydroxyl groups is 1. The first kappa shape index (κ1) is 6.54. The van der Waals surface area contributed by atoms with E-state index in [1.165, 1.54) is 0 Å². The molecule has 0 saturated carbocycles. The molecule has 4 heteroatoms. The van der Waals surface area contributed by atoms with Gasteiger partial charge in [0.2, 0.25) is 0 Å². The molecule has 0 aliphatic carbocycles. The third-order valence-electron chi connectivity index (χ3n) is 1.80. The number of hydrogen-bond acceptors (Lipinski definition) is 4. The molecule has 0 aromatic rings. The highest BCUT2D eigenvalue weighted by molar-refractivity contribution is 4.90. The average Bonchev–Trinajstić information content (AvgIpc) is 2.83. The molecule has 1 unspecified atom stereocenters. The van der Waals surface area contributed by atoms with Crippen LogP contribution >= 0.6 is 0 Å². The molecule has 2 aliphatic rings. The van der Waals surface area contributed by atoms with E-state index < -0.39 is 5.72 Å². The van der Waals surface area contributed by atoms with Crippen LogP contribution in [0.5, 0.6) is 0 Å². The summed E-state index contributed by atoms with van der Waals surface area (Å²) in [6.07, 6.45) is 0.354. The SMILES string of the molecule is OC[C@]1(NCC2CO2)CO1. The fourth-order valence-electron chi connectivity index (χ4n) is 0.822. The summed E-state index contributed by atoms with van der Waals surface area (Å²) in [4.78, 5) is 0. The molecular weight excluding hydrogens is 134 g/mol. The predicted molar refractivity (Wildman–Crippen MR) is 33.5 cm³/mol. The van der Waals surface area contributed by atoms with Gasteiger partial charge < -0.3 is 14.6 Å². The minimum Gasteiger partial charge on any atom is -0.392 e. The lowest BCUT2D eigenvalue weighted by Gasteiger charge is -2.08. The van der Waals surface area contributed by atoms with E-state index in [2.05, 4.69) is 5.32 Å². The van der Waals surface area contributed by atoms with Gasteiger partial charge in [0.15, 0.2) is 5.72 Å². The van der Waals surface area contributed by atoms with Gasteiger partial charge in [-0.05, 0) is 0 Å². The molecule has 2 aliphatic heterocycles. The Kier molecular flexibility index (Phi) is 1.42. The molecule has 2 rings (SSSR count). The zero-order valence-corrected chi connectivity index (χ0v) is 5.67. The molecule has 0 aromatic carbocycles. The maximum Gasteiger partial charge on any atom is 0.166 e. The molecule has 0 amide bonds. The minimum atomic E-state index is -0.411. The first-order chi connectivity index (χ1) is 4.85. The maximum absolute atomic E-state index is 8.76. The van der Waals surface area contributed by atoms with Crippen molar-refractivity contribution in [3.8, 4) is 0 Å². The molecule has 0 spiro atoms. The van der Waals surface area contributed by atoms with Gasteiger partial charge in [0.25, 0.3) is 0 Å². The van der Waals surface area contributed by atoms with E-state index in [1.807, 2.05) is 0 Å². The van der Waals surface area contributed by atoms with Crippen LogP contribution in [0, 0.1) is 0 Å². The smallest absolute Gasteiger partial charge is 0.166 e. The van der Waals surface area contributed by atoms with Crippen molar-refractivity contribution in [3.63, 3.8) is 0 Å². The van der Waals surface area contributed by atoms with E-state index >= 15 is 0 Å². The van der Waals surface area contributed by atoms with Crippen LogP contribution in [0.3, 0.4) is 0 Å². The highest BCUT2D eigenvalue weighted by atomic mass is 16.6. The van der Waals surface area contributed by atoms with Crippen LogP contribution in [0.15, 0.2) is 0 Å². The van der Waals surface area contributed by atoms with Crippen LogP contribution in [0.4, 0.5) is 0 Å². The molecule has 2 fully saturated rings. The van der Waals surface area contributed by atoms with Gasteiger partial charge in [-0.15, -0.1) is 0 Å². The lowest BCUT2D eigenvalue weighted by molar-refractivity contribution is 0.141. The number of aliphatic hydroxyl groups excluding tert-OH is 1. The monoisotopic (exact) mass is 145 g/mol. The third kappa shape index (κ3) is 1.29. The van der Waals surface area contributed by atoms with Crippen LogP contribution < -0.4 is 5.32 Å². The van der Waals surface area contributed by atoms with Crippen molar-refractivity contribution < 1.29 is 14.6 Å². The van der Waals surface area contributed by atoms with Crippen LogP contribution in [0.2, 0.25) is 0 Å². The van der Waals surface area contributed by atoms with Crippen molar-refractivity contribution in [2.75, 3.05) is 26.4 Å². The Morgan fingerprint density at radius 2 is 2.40 bits per heavy atom. The van der Waals surface area contributed by atoms with Crippen molar-refractivity contribution >= 4 is 0 Å². The molecule has 0 aromatic heterocycles. The standard InChI is InChI=1S/C6H11NO3/c8-3-6(4-10-6)7-1-5-2-9-5/h5,7-8H,1-4H2/t5?,6-/m1/s1. The average molecular weight is 145 g/mol. The lowest BCUT2D eigenvalue weighted by atomic mass is 10.3. The molecule has 10 heavy (non-hydrogen) atoms. The molecule has 0 bridgehead atoms. The first-order valence-corrected chi connectivity index (χ1v) is 3.46. The van der Waals surface area contributed by atoms with Crippen LogP contribution in [0.1, 0.15) is 0 Å². The largest absolute Gasteiger partial charge is 0.392 e. The van der Waals surface area contributed by atoms with Crippen molar-refractivity contribution in [1.29, 1.82) is 0 Å². The lowest BCUT2D eigenvalue weighted by Crippen LogP contribution is -2.38. The van der Waals surface area contributed by atoms with Crippen LogP contribution in [0.25, 0.3) is 0 Å². The van der Waals surface area contributed by atoms with E-state index in [1.54, 1.807) is 0 Å². The Morgan fingerprint density at radius 3 is 2.80 bits per heavy atom. The molecule has 2 saturated heterocycles. The Balaban J connectivity index is 1.68. The zero-order valence-electron chi connectivity index (χ0n) is 5.67. The van der Waals surface area contributed by atoms with Crippen LogP contribution in [-0.2, 0) is 9.47 Å². The van der Waals surface area contributed by atoms with E-state index in [4.69, 9.17) is 14.6 Å². The van der Waals surface area contributed by atoms with Crippen molar-refractivity contribution in [2.24, 2.45) is 0 Å². The maximum atomic E-state index is 8.76. The zero-order chi connectivity index (χ0) is 7.03. The number of hydrogen-bond donors (Lipinski definition) is 2. The van der Waals surface area contributed by atoms with Crippen LogP contribution in [-0.4, -0.2) is 43.3 Å². The molecule has 2 N–H and O–H groups in total. The summed E-state index contributed by atoms with van der Waals surface area (Å²) in [7, 11) is 0. The Morgan fingerprint density at radius 1 is 1.70 bits per heavy atom. The fourth-order valence-corrected chi connectivity index (χ4v) is 0.822. The molecule has 0 radical (unpaired) electrons. The summed E-state index contributed by atoms with van der Waals surface area (Å²) >= 11 is 0. The summed E-state index contributed by atoms with van der Waals surface area (Å²) in [6.45, 7) is 2.31. The number of epoxide rings is 2. The summed E-state index contributed by atoms with van der Waals surface area (Å²) < 4.78 is 9.98. The Bertz CT molecular complexity index is 131. The van der Waals surface area contributed by atoms with E-state index in [-0.39, 0.29) is 6.61 Å². The highest BCUT2D eigenvalue weighted by Crippen LogP contribution is 2.22. The van der Waals surface area contributed by atoms with Gasteiger partial charge in [0.1, 0.15) is 0 Å². The van der Waals surface area contributed by atoms with Crippen molar-refractivity contribution in [2.45, 2.75) is 11.8 Å². The second kappa shape index (κ2) is 2.17. The fraction of sp³-hybridized carbons (Fsp3) is 1.00. The quantitative estimate of drug-likeness (QED) is 0.482. The first-order valence-electron chi connectivity index (χ1n) is 3.46. The second-order valence-corrected chi connectivity index (χ2v) is 2.78. The van der Waals surface area contributed by atoms with Gasteiger partial charge in [-0.3, -0.25) is 5.32 Å². The summed E-state index contributed by atoms with van der Waals surface area (Å²) in [5, 5.41) is 11.8. The number of ether oxygens (including phenoxy) is 2. The topological polar surface area (TPSA) is 57.3 Å². The van der Waals surface area contributed by atoms with Gasteiger partial charge in [-0.2, -0.15) is 0 Å². The van der Waals surface area contributed by atoms with E-state index in [0.29, 0.717) is 12.7 Å². The summed E-state index contributed by atoms with van der Waals surface area (Å²) in [6, 6.07) is 0. The van der Waals surface area contributed by atoms with E-state index in [9.17, 15) is 0 Å². The van der Waals surface area contributed by atoms with E-state index in [0.717, 1.165) is 13.2 Å². The number of rotatable bonds is 4.